The van der Waals surface area contributed by atoms with Gasteiger partial charge in [0.05, 0.1) is 5.52 Å². The van der Waals surface area contributed by atoms with E-state index >= 15 is 0 Å². The van der Waals surface area contributed by atoms with Crippen LogP contribution in [0.5, 0.6) is 0 Å². The number of fused-ring (bicyclic) bond motifs is 1. The second-order valence-electron chi connectivity index (χ2n) is 8.74. The molecule has 5 rings (SSSR count). The molecule has 0 aliphatic heterocycles. The number of nitrogens with zero attached hydrogens (tertiary/aromatic N) is 3. The topological polar surface area (TPSA) is 60.9 Å². The van der Waals surface area contributed by atoms with Gasteiger partial charge in [-0.2, -0.15) is 4.98 Å². The molecule has 0 aliphatic rings. The number of rotatable bonds is 4. The van der Waals surface area contributed by atoms with E-state index in [4.69, 9.17) is 4.52 Å². The highest BCUT2D eigenvalue weighted by Gasteiger charge is 2.18. The van der Waals surface area contributed by atoms with Crippen molar-refractivity contribution in [2.24, 2.45) is 0 Å². The minimum absolute atomic E-state index is 0.106. The van der Waals surface area contributed by atoms with Crippen LogP contribution in [0.4, 0.5) is 0 Å². The normalized spacial score (nSPS) is 11.3. The van der Waals surface area contributed by atoms with Crippen molar-refractivity contribution < 1.29 is 4.52 Å². The van der Waals surface area contributed by atoms with E-state index in [2.05, 4.69) is 46.8 Å². The number of aromatic nitrogens is 3. The van der Waals surface area contributed by atoms with E-state index < -0.39 is 0 Å². The van der Waals surface area contributed by atoms with E-state index in [1.807, 2.05) is 62.5 Å². The van der Waals surface area contributed by atoms with Gasteiger partial charge in [0.15, 0.2) is 0 Å². The molecule has 0 aliphatic carbocycles. The van der Waals surface area contributed by atoms with Gasteiger partial charge >= 0.3 is 0 Å². The third-order valence-electron chi connectivity index (χ3n) is 6.05. The van der Waals surface area contributed by atoms with Gasteiger partial charge in [0.1, 0.15) is 5.56 Å². The summed E-state index contributed by atoms with van der Waals surface area (Å²) < 4.78 is 7.67. The lowest BCUT2D eigenvalue weighted by atomic mass is 10.0. The predicted octanol–water partition coefficient (Wildman–Crippen LogP) is 6.00. The molecule has 0 amide bonds. The average Bonchev–Trinajstić information content (AvgIpc) is 3.28. The van der Waals surface area contributed by atoms with E-state index in [0.29, 0.717) is 23.3 Å². The fourth-order valence-electron chi connectivity index (χ4n) is 4.10. The maximum atomic E-state index is 13.5. The molecule has 0 saturated heterocycles. The second kappa shape index (κ2) is 8.17. The molecule has 5 aromatic rings. The summed E-state index contributed by atoms with van der Waals surface area (Å²) >= 11 is 0. The van der Waals surface area contributed by atoms with Crippen LogP contribution in [-0.2, 0) is 6.54 Å². The summed E-state index contributed by atoms with van der Waals surface area (Å²) in [5.74, 6) is 0.698. The highest BCUT2D eigenvalue weighted by Crippen LogP contribution is 2.24. The largest absolute Gasteiger partial charge is 0.342 e. The Morgan fingerprint density at radius 3 is 2.33 bits per heavy atom. The smallest absolute Gasteiger partial charge is 0.263 e. The SMILES string of the molecule is Cc1ccc(-c2noc(-c3cn(Cc4cc(C)ccc4C)c4ccc(C)cc4c3=O)n2)cc1. The van der Waals surface area contributed by atoms with Gasteiger partial charge in [0.25, 0.3) is 5.89 Å². The Bertz CT molecular complexity index is 1540. The van der Waals surface area contributed by atoms with Crippen LogP contribution in [-0.4, -0.2) is 14.7 Å². The molecule has 164 valence electrons. The molecule has 0 spiro atoms. The molecule has 0 bridgehead atoms. The molecule has 0 fully saturated rings. The van der Waals surface area contributed by atoms with Crippen molar-refractivity contribution in [1.82, 2.24) is 14.7 Å². The third-order valence-corrected chi connectivity index (χ3v) is 6.05. The van der Waals surface area contributed by atoms with Crippen LogP contribution in [0.25, 0.3) is 33.7 Å². The molecule has 3 aromatic carbocycles. The van der Waals surface area contributed by atoms with Crippen LogP contribution in [0, 0.1) is 27.7 Å². The fraction of sp³-hybridized carbons (Fsp3) is 0.179. The lowest BCUT2D eigenvalue weighted by Crippen LogP contribution is -2.13. The van der Waals surface area contributed by atoms with Gasteiger partial charge in [-0.15, -0.1) is 0 Å². The zero-order valence-electron chi connectivity index (χ0n) is 19.2. The molecule has 0 saturated carbocycles. The highest BCUT2D eigenvalue weighted by atomic mass is 16.5. The molecule has 0 atom stereocenters. The lowest BCUT2D eigenvalue weighted by Gasteiger charge is -2.15. The number of aryl methyl sites for hydroxylation is 4. The zero-order valence-corrected chi connectivity index (χ0v) is 19.2. The third kappa shape index (κ3) is 3.98. The summed E-state index contributed by atoms with van der Waals surface area (Å²) in [5, 5.41) is 4.78. The molecule has 2 heterocycles. The van der Waals surface area contributed by atoms with E-state index in [1.165, 1.54) is 16.7 Å². The first-order chi connectivity index (χ1) is 15.9. The Morgan fingerprint density at radius 2 is 1.55 bits per heavy atom. The van der Waals surface area contributed by atoms with Gasteiger partial charge in [0.2, 0.25) is 11.3 Å². The van der Waals surface area contributed by atoms with Gasteiger partial charge in [-0.1, -0.05) is 70.4 Å². The van der Waals surface area contributed by atoms with Crippen molar-refractivity contribution in [2.45, 2.75) is 34.2 Å². The van der Waals surface area contributed by atoms with Crippen molar-refractivity contribution >= 4 is 10.9 Å². The van der Waals surface area contributed by atoms with Crippen LogP contribution in [0.2, 0.25) is 0 Å². The monoisotopic (exact) mass is 435 g/mol. The molecular weight excluding hydrogens is 410 g/mol. The minimum Gasteiger partial charge on any atom is -0.342 e. The van der Waals surface area contributed by atoms with Crippen LogP contribution >= 0.6 is 0 Å². The molecule has 5 nitrogen and oxygen atoms in total. The van der Waals surface area contributed by atoms with Crippen molar-refractivity contribution in [2.75, 3.05) is 0 Å². The number of hydrogen-bond donors (Lipinski definition) is 0. The lowest BCUT2D eigenvalue weighted by molar-refractivity contribution is 0.431. The summed E-state index contributed by atoms with van der Waals surface area (Å²) in [6.07, 6.45) is 1.84. The molecule has 2 aromatic heterocycles. The highest BCUT2D eigenvalue weighted by molar-refractivity contribution is 5.83. The van der Waals surface area contributed by atoms with E-state index in [-0.39, 0.29) is 11.3 Å². The summed E-state index contributed by atoms with van der Waals surface area (Å²) in [6.45, 7) is 8.85. The Morgan fingerprint density at radius 1 is 0.848 bits per heavy atom. The molecule has 5 heteroatoms. The number of hydrogen-bond acceptors (Lipinski definition) is 4. The van der Waals surface area contributed by atoms with Crippen LogP contribution in [0.3, 0.4) is 0 Å². The van der Waals surface area contributed by atoms with Crippen molar-refractivity contribution in [1.29, 1.82) is 0 Å². The number of benzene rings is 3. The Labute approximate surface area is 192 Å². The number of pyridine rings is 1. The maximum Gasteiger partial charge on any atom is 0.263 e. The van der Waals surface area contributed by atoms with Gasteiger partial charge in [-0.05, 0) is 51.0 Å². The van der Waals surface area contributed by atoms with E-state index in [1.54, 1.807) is 0 Å². The van der Waals surface area contributed by atoms with Gasteiger partial charge < -0.3 is 9.09 Å². The molecule has 0 radical (unpaired) electrons. The Kier molecular flexibility index (Phi) is 5.17. The van der Waals surface area contributed by atoms with E-state index in [9.17, 15) is 4.79 Å². The quantitative estimate of drug-likeness (QED) is 0.347. The summed E-state index contributed by atoms with van der Waals surface area (Å²) in [5.41, 5.74) is 7.84. The molecule has 0 N–H and O–H groups in total. The van der Waals surface area contributed by atoms with Crippen molar-refractivity contribution in [3.63, 3.8) is 0 Å². The standard InChI is InChI=1S/C28H25N3O2/c1-17-6-10-21(11-7-17)27-29-28(33-30-27)24-16-31(15-22-13-18(2)5-9-20(22)4)25-12-8-19(3)14-23(25)26(24)32/h5-14,16H,15H2,1-4H3. The Hall–Kier alpha value is -3.99. The van der Waals surface area contributed by atoms with Crippen LogP contribution in [0.1, 0.15) is 27.8 Å². The predicted molar refractivity (Wildman–Crippen MR) is 131 cm³/mol. The molecule has 33 heavy (non-hydrogen) atoms. The van der Waals surface area contributed by atoms with Crippen LogP contribution < -0.4 is 5.43 Å². The molecular formula is C28H25N3O2. The Balaban J connectivity index is 1.67. The minimum atomic E-state index is -0.106. The first-order valence-electron chi connectivity index (χ1n) is 11.0. The summed E-state index contributed by atoms with van der Waals surface area (Å²) in [6, 6.07) is 20.3. The van der Waals surface area contributed by atoms with Gasteiger partial charge in [0, 0.05) is 23.7 Å². The van der Waals surface area contributed by atoms with Crippen molar-refractivity contribution in [3.8, 4) is 22.8 Å². The summed E-state index contributed by atoms with van der Waals surface area (Å²) in [7, 11) is 0. The van der Waals surface area contributed by atoms with Gasteiger partial charge in [-0.3, -0.25) is 4.79 Å². The first kappa shape index (κ1) is 20.9. The molecule has 0 unspecified atom stereocenters. The second-order valence-corrected chi connectivity index (χ2v) is 8.74. The van der Waals surface area contributed by atoms with Crippen molar-refractivity contribution in [3.05, 3.63) is 105 Å². The fourth-order valence-corrected chi connectivity index (χ4v) is 4.10. The average molecular weight is 436 g/mol. The van der Waals surface area contributed by atoms with Crippen LogP contribution in [0.15, 0.2) is 76.2 Å². The van der Waals surface area contributed by atoms with Gasteiger partial charge in [-0.25, -0.2) is 0 Å². The first-order valence-corrected chi connectivity index (χ1v) is 11.0. The summed E-state index contributed by atoms with van der Waals surface area (Å²) in [4.78, 5) is 18.0. The maximum absolute atomic E-state index is 13.5. The van der Waals surface area contributed by atoms with E-state index in [0.717, 1.165) is 22.2 Å². The zero-order chi connectivity index (χ0) is 23.1.